The van der Waals surface area contributed by atoms with Gasteiger partial charge in [-0.2, -0.15) is 0 Å². The SMILES string of the molecule is NNC(=O)CSc1ccc(CC(=O)O)cc1. The minimum atomic E-state index is -0.858. The van der Waals surface area contributed by atoms with Crippen LogP contribution < -0.4 is 11.3 Å². The van der Waals surface area contributed by atoms with Crippen LogP contribution in [-0.2, 0) is 16.0 Å². The predicted octanol–water partition coefficient (Wildman–Crippen LogP) is 0.396. The number of carbonyl (C=O) groups excluding carboxylic acids is 1. The number of carbonyl (C=O) groups is 2. The van der Waals surface area contributed by atoms with Gasteiger partial charge in [0.1, 0.15) is 0 Å². The number of carboxylic acids is 1. The van der Waals surface area contributed by atoms with E-state index in [1.807, 2.05) is 5.43 Å². The first kappa shape index (κ1) is 12.5. The van der Waals surface area contributed by atoms with E-state index in [1.54, 1.807) is 24.3 Å². The second-order valence-corrected chi connectivity index (χ2v) is 4.12. The minimum absolute atomic E-state index is 0.00817. The summed E-state index contributed by atoms with van der Waals surface area (Å²) in [7, 11) is 0. The van der Waals surface area contributed by atoms with E-state index in [9.17, 15) is 9.59 Å². The molecule has 0 bridgehead atoms. The number of rotatable bonds is 5. The molecule has 0 aliphatic rings. The fourth-order valence-electron chi connectivity index (χ4n) is 1.07. The third kappa shape index (κ3) is 4.33. The van der Waals surface area contributed by atoms with Gasteiger partial charge in [-0.3, -0.25) is 15.0 Å². The van der Waals surface area contributed by atoms with Crippen LogP contribution >= 0.6 is 11.8 Å². The van der Waals surface area contributed by atoms with E-state index in [0.29, 0.717) is 0 Å². The summed E-state index contributed by atoms with van der Waals surface area (Å²) in [4.78, 5) is 22.2. The smallest absolute Gasteiger partial charge is 0.307 e. The van der Waals surface area contributed by atoms with E-state index in [0.717, 1.165) is 10.5 Å². The van der Waals surface area contributed by atoms with Gasteiger partial charge in [0.05, 0.1) is 12.2 Å². The maximum atomic E-state index is 10.9. The number of benzene rings is 1. The minimum Gasteiger partial charge on any atom is -0.481 e. The average Bonchev–Trinajstić information content (AvgIpc) is 2.27. The van der Waals surface area contributed by atoms with Crippen LogP contribution in [0.15, 0.2) is 29.2 Å². The van der Waals surface area contributed by atoms with Gasteiger partial charge in [0.2, 0.25) is 5.91 Å². The molecule has 0 unspecified atom stereocenters. The zero-order valence-electron chi connectivity index (χ0n) is 8.47. The number of thioether (sulfide) groups is 1. The second kappa shape index (κ2) is 6.14. The van der Waals surface area contributed by atoms with E-state index in [1.165, 1.54) is 11.8 Å². The molecule has 4 N–H and O–H groups in total. The molecule has 6 heteroatoms. The summed E-state index contributed by atoms with van der Waals surface area (Å²) < 4.78 is 0. The van der Waals surface area contributed by atoms with Crippen LogP contribution in [0.25, 0.3) is 0 Å². The Morgan fingerprint density at radius 1 is 1.31 bits per heavy atom. The first-order valence-electron chi connectivity index (χ1n) is 4.55. The van der Waals surface area contributed by atoms with Gasteiger partial charge in [-0.15, -0.1) is 11.8 Å². The molecule has 0 aliphatic carbocycles. The molecule has 0 atom stereocenters. The lowest BCUT2D eigenvalue weighted by molar-refractivity contribution is -0.136. The van der Waals surface area contributed by atoms with Crippen LogP contribution in [-0.4, -0.2) is 22.7 Å². The van der Waals surface area contributed by atoms with Crippen molar-refractivity contribution in [2.75, 3.05) is 5.75 Å². The first-order chi connectivity index (χ1) is 7.61. The van der Waals surface area contributed by atoms with Crippen LogP contribution in [0.4, 0.5) is 0 Å². The Balaban J connectivity index is 2.51. The highest BCUT2D eigenvalue weighted by molar-refractivity contribution is 8.00. The number of nitrogens with two attached hydrogens (primary N) is 1. The molecule has 1 amide bonds. The zero-order chi connectivity index (χ0) is 12.0. The Labute approximate surface area is 97.0 Å². The Morgan fingerprint density at radius 3 is 2.44 bits per heavy atom. The Hall–Kier alpha value is -1.53. The number of hydrogen-bond acceptors (Lipinski definition) is 4. The maximum Gasteiger partial charge on any atom is 0.307 e. The molecule has 0 heterocycles. The molecule has 86 valence electrons. The van der Waals surface area contributed by atoms with Gasteiger partial charge in [-0.05, 0) is 17.7 Å². The molecule has 1 rings (SSSR count). The third-order valence-corrected chi connectivity index (χ3v) is 2.82. The summed E-state index contributed by atoms with van der Waals surface area (Å²) >= 11 is 1.34. The van der Waals surface area contributed by atoms with Gasteiger partial charge in [0, 0.05) is 4.90 Å². The lowest BCUT2D eigenvalue weighted by atomic mass is 10.2. The molecule has 0 saturated heterocycles. The summed E-state index contributed by atoms with van der Waals surface area (Å²) in [6, 6.07) is 7.03. The normalized spacial score (nSPS) is 9.81. The molecule has 5 nitrogen and oxygen atoms in total. The van der Waals surface area contributed by atoms with Gasteiger partial charge in [0.25, 0.3) is 0 Å². The second-order valence-electron chi connectivity index (χ2n) is 3.07. The summed E-state index contributed by atoms with van der Waals surface area (Å²) in [5.74, 6) is 4.07. The molecule has 16 heavy (non-hydrogen) atoms. The van der Waals surface area contributed by atoms with Crippen molar-refractivity contribution in [1.29, 1.82) is 0 Å². The van der Waals surface area contributed by atoms with Crippen LogP contribution in [0.3, 0.4) is 0 Å². The van der Waals surface area contributed by atoms with E-state index in [4.69, 9.17) is 10.9 Å². The number of aliphatic carboxylic acids is 1. The van der Waals surface area contributed by atoms with Crippen LogP contribution in [0.1, 0.15) is 5.56 Å². The Bertz CT molecular complexity index is 378. The highest BCUT2D eigenvalue weighted by Crippen LogP contribution is 2.18. The van der Waals surface area contributed by atoms with Gasteiger partial charge in [-0.1, -0.05) is 12.1 Å². The molecule has 0 saturated carbocycles. The average molecular weight is 240 g/mol. The predicted molar refractivity (Wildman–Crippen MR) is 60.8 cm³/mol. The van der Waals surface area contributed by atoms with E-state index >= 15 is 0 Å². The van der Waals surface area contributed by atoms with E-state index < -0.39 is 5.97 Å². The first-order valence-corrected chi connectivity index (χ1v) is 5.53. The van der Waals surface area contributed by atoms with Crippen molar-refractivity contribution in [1.82, 2.24) is 5.43 Å². The van der Waals surface area contributed by atoms with Crippen molar-refractivity contribution in [3.8, 4) is 0 Å². The van der Waals surface area contributed by atoms with E-state index in [2.05, 4.69) is 0 Å². The van der Waals surface area contributed by atoms with Gasteiger partial charge >= 0.3 is 5.97 Å². The number of hydrogen-bond donors (Lipinski definition) is 3. The fraction of sp³-hybridized carbons (Fsp3) is 0.200. The molecule has 1 aromatic carbocycles. The van der Waals surface area contributed by atoms with Crippen LogP contribution in [0.2, 0.25) is 0 Å². The molecule has 0 spiro atoms. The molecule has 0 aromatic heterocycles. The molecular formula is C10H12N2O3S. The molecular weight excluding hydrogens is 228 g/mol. The number of amides is 1. The highest BCUT2D eigenvalue weighted by atomic mass is 32.2. The van der Waals surface area contributed by atoms with Crippen molar-refractivity contribution >= 4 is 23.6 Å². The lowest BCUT2D eigenvalue weighted by Crippen LogP contribution is -2.31. The monoisotopic (exact) mass is 240 g/mol. The number of nitrogens with one attached hydrogen (secondary N) is 1. The Kier molecular flexibility index (Phi) is 4.81. The zero-order valence-corrected chi connectivity index (χ0v) is 9.29. The quantitative estimate of drug-likeness (QED) is 0.300. The van der Waals surface area contributed by atoms with Crippen molar-refractivity contribution in [2.24, 2.45) is 5.84 Å². The third-order valence-electron chi connectivity index (χ3n) is 1.81. The van der Waals surface area contributed by atoms with Crippen LogP contribution in [0, 0.1) is 0 Å². The molecule has 1 aromatic rings. The van der Waals surface area contributed by atoms with E-state index in [-0.39, 0.29) is 18.1 Å². The number of carboxylic acid groups (broad SMARTS) is 1. The van der Waals surface area contributed by atoms with Gasteiger partial charge in [-0.25, -0.2) is 5.84 Å². The topological polar surface area (TPSA) is 92.4 Å². The molecule has 0 aliphatic heterocycles. The maximum absolute atomic E-state index is 10.9. The lowest BCUT2D eigenvalue weighted by Gasteiger charge is -2.02. The largest absolute Gasteiger partial charge is 0.481 e. The Morgan fingerprint density at radius 2 is 1.94 bits per heavy atom. The van der Waals surface area contributed by atoms with Gasteiger partial charge in [0.15, 0.2) is 0 Å². The van der Waals surface area contributed by atoms with Gasteiger partial charge < -0.3 is 5.11 Å². The number of hydrazine groups is 1. The summed E-state index contributed by atoms with van der Waals surface area (Å²) in [6.45, 7) is 0. The summed E-state index contributed by atoms with van der Waals surface area (Å²) in [6.07, 6.45) is 0.00817. The standard InChI is InChI=1S/C10H12N2O3S/c11-12-9(13)6-16-8-3-1-7(2-4-8)5-10(14)15/h1-4H,5-6,11H2,(H,12,13)(H,14,15). The van der Waals surface area contributed by atoms with Crippen LogP contribution in [0.5, 0.6) is 0 Å². The molecule has 0 radical (unpaired) electrons. The van der Waals surface area contributed by atoms with Crippen molar-refractivity contribution < 1.29 is 14.7 Å². The summed E-state index contributed by atoms with van der Waals surface area (Å²) in [5, 5.41) is 8.57. The van der Waals surface area contributed by atoms with Crippen molar-refractivity contribution in [2.45, 2.75) is 11.3 Å². The van der Waals surface area contributed by atoms with Crippen molar-refractivity contribution in [3.05, 3.63) is 29.8 Å². The summed E-state index contributed by atoms with van der Waals surface area (Å²) in [5.41, 5.74) is 2.77. The van der Waals surface area contributed by atoms with Crippen molar-refractivity contribution in [3.63, 3.8) is 0 Å². The highest BCUT2D eigenvalue weighted by Gasteiger charge is 2.02. The molecule has 0 fully saturated rings. The fourth-order valence-corrected chi connectivity index (χ4v) is 1.78.